The molecule has 1 aromatic heterocycles. The van der Waals surface area contributed by atoms with Gasteiger partial charge in [-0.1, -0.05) is 24.3 Å². The van der Waals surface area contributed by atoms with Gasteiger partial charge in [0.1, 0.15) is 5.82 Å². The van der Waals surface area contributed by atoms with E-state index < -0.39 is 11.8 Å². The Morgan fingerprint density at radius 2 is 1.43 bits per heavy atom. The molecule has 2 amide bonds. The average molecular weight is 401 g/mol. The van der Waals surface area contributed by atoms with Gasteiger partial charge in [0.25, 0.3) is 0 Å². The molecule has 0 radical (unpaired) electrons. The Hall–Kier alpha value is -3.87. The lowest BCUT2D eigenvalue weighted by atomic mass is 10.2. The molecule has 1 aliphatic rings. The second kappa shape index (κ2) is 8.65. The van der Waals surface area contributed by atoms with E-state index in [1.807, 2.05) is 36.4 Å². The first-order valence-corrected chi connectivity index (χ1v) is 9.83. The first-order valence-electron chi connectivity index (χ1n) is 9.83. The van der Waals surface area contributed by atoms with Crippen molar-refractivity contribution in [2.45, 2.75) is 0 Å². The fraction of sp³-hybridized carbons (Fsp3) is 0.174. The second-order valence-corrected chi connectivity index (χ2v) is 7.03. The number of nitrogen functional groups attached to an aromatic ring is 1. The topological polar surface area (TPSA) is 82.8 Å². The Morgan fingerprint density at radius 3 is 2.07 bits per heavy atom. The SMILES string of the molecule is Nc1ccc(N(C(=O)C(=O)N2CCN(c3ccccn3)CC2)c2ccccc2)cc1. The minimum absolute atomic E-state index is 0.464. The van der Waals surface area contributed by atoms with E-state index in [1.165, 1.54) is 4.90 Å². The Morgan fingerprint density at radius 1 is 0.800 bits per heavy atom. The van der Waals surface area contributed by atoms with Crippen LogP contribution in [0.4, 0.5) is 22.9 Å². The van der Waals surface area contributed by atoms with Crippen molar-refractivity contribution in [3.63, 3.8) is 0 Å². The van der Waals surface area contributed by atoms with Crippen molar-refractivity contribution in [2.75, 3.05) is 41.7 Å². The number of nitrogens with zero attached hydrogens (tertiary/aromatic N) is 4. The van der Waals surface area contributed by atoms with Gasteiger partial charge < -0.3 is 15.5 Å². The normalized spacial score (nSPS) is 13.7. The Kier molecular flexibility index (Phi) is 5.61. The number of anilines is 4. The third-order valence-corrected chi connectivity index (χ3v) is 5.09. The van der Waals surface area contributed by atoms with Crippen LogP contribution in [0, 0.1) is 0 Å². The van der Waals surface area contributed by atoms with Crippen LogP contribution in [0.15, 0.2) is 79.0 Å². The standard InChI is InChI=1S/C23H23N5O2/c24-18-9-11-20(12-10-18)28(19-6-2-1-3-7-19)23(30)22(29)27-16-14-26(15-17-27)21-8-4-5-13-25-21/h1-13H,14-17,24H2. The van der Waals surface area contributed by atoms with E-state index in [-0.39, 0.29) is 0 Å². The van der Waals surface area contributed by atoms with Crippen LogP contribution in [0.25, 0.3) is 0 Å². The average Bonchev–Trinajstić information content (AvgIpc) is 2.81. The molecule has 3 aromatic rings. The molecule has 7 heteroatoms. The highest BCUT2D eigenvalue weighted by atomic mass is 16.2. The molecule has 4 rings (SSSR count). The van der Waals surface area contributed by atoms with Gasteiger partial charge in [-0.05, 0) is 48.5 Å². The fourth-order valence-corrected chi connectivity index (χ4v) is 3.49. The molecule has 1 saturated heterocycles. The van der Waals surface area contributed by atoms with Gasteiger partial charge in [-0.15, -0.1) is 0 Å². The summed E-state index contributed by atoms with van der Waals surface area (Å²) >= 11 is 0. The summed E-state index contributed by atoms with van der Waals surface area (Å²) < 4.78 is 0. The maximum atomic E-state index is 13.3. The first kappa shape index (κ1) is 19.4. The van der Waals surface area contributed by atoms with Crippen LogP contribution in [0.3, 0.4) is 0 Å². The minimum atomic E-state index is -0.586. The smallest absolute Gasteiger partial charge is 0.321 e. The summed E-state index contributed by atoms with van der Waals surface area (Å²) in [5, 5.41) is 0. The van der Waals surface area contributed by atoms with Crippen molar-refractivity contribution in [3.8, 4) is 0 Å². The molecular weight excluding hydrogens is 378 g/mol. The van der Waals surface area contributed by atoms with E-state index in [4.69, 9.17) is 5.73 Å². The summed E-state index contributed by atoms with van der Waals surface area (Å²) in [4.78, 5) is 35.8. The molecule has 2 aromatic carbocycles. The number of amides is 2. The van der Waals surface area contributed by atoms with Crippen molar-refractivity contribution < 1.29 is 9.59 Å². The summed E-state index contributed by atoms with van der Waals surface area (Å²) in [6.07, 6.45) is 1.75. The summed E-state index contributed by atoms with van der Waals surface area (Å²) in [7, 11) is 0. The van der Waals surface area contributed by atoms with E-state index in [0.717, 1.165) is 5.82 Å². The van der Waals surface area contributed by atoms with E-state index in [9.17, 15) is 9.59 Å². The van der Waals surface area contributed by atoms with Gasteiger partial charge in [-0.2, -0.15) is 0 Å². The minimum Gasteiger partial charge on any atom is -0.399 e. The summed E-state index contributed by atoms with van der Waals surface area (Å²) in [5.41, 5.74) is 7.61. The highest BCUT2D eigenvalue weighted by Gasteiger charge is 2.31. The Bertz CT molecular complexity index is 1000. The number of para-hydroxylation sites is 1. The summed E-state index contributed by atoms with van der Waals surface area (Å²) in [6, 6.07) is 21.8. The molecular formula is C23H23N5O2. The molecule has 0 spiro atoms. The van der Waals surface area contributed by atoms with Crippen molar-refractivity contribution in [3.05, 3.63) is 79.0 Å². The maximum Gasteiger partial charge on any atom is 0.321 e. The van der Waals surface area contributed by atoms with Crippen molar-refractivity contribution >= 4 is 34.7 Å². The van der Waals surface area contributed by atoms with Crippen LogP contribution in [-0.4, -0.2) is 47.9 Å². The number of piperazine rings is 1. The lowest BCUT2D eigenvalue weighted by Crippen LogP contribution is -2.53. The Labute approximate surface area is 175 Å². The number of carbonyl (C=O) groups excluding carboxylic acids is 2. The van der Waals surface area contributed by atoms with Gasteiger partial charge in [0.2, 0.25) is 0 Å². The fourth-order valence-electron chi connectivity index (χ4n) is 3.49. The molecule has 1 aliphatic heterocycles. The van der Waals surface area contributed by atoms with Gasteiger partial charge in [-0.25, -0.2) is 4.98 Å². The van der Waals surface area contributed by atoms with E-state index in [1.54, 1.807) is 47.5 Å². The van der Waals surface area contributed by atoms with Crippen molar-refractivity contribution in [2.24, 2.45) is 0 Å². The molecule has 152 valence electrons. The number of hydrogen-bond donors (Lipinski definition) is 1. The molecule has 0 saturated carbocycles. The molecule has 0 atom stereocenters. The maximum absolute atomic E-state index is 13.3. The van der Waals surface area contributed by atoms with Crippen LogP contribution < -0.4 is 15.5 Å². The zero-order chi connectivity index (χ0) is 20.9. The molecule has 7 nitrogen and oxygen atoms in total. The number of carbonyl (C=O) groups is 2. The molecule has 0 bridgehead atoms. The van der Waals surface area contributed by atoms with Crippen LogP contribution in [0.2, 0.25) is 0 Å². The van der Waals surface area contributed by atoms with Crippen molar-refractivity contribution in [1.29, 1.82) is 0 Å². The largest absolute Gasteiger partial charge is 0.399 e. The highest BCUT2D eigenvalue weighted by molar-refractivity contribution is 6.42. The van der Waals surface area contributed by atoms with Gasteiger partial charge in [-0.3, -0.25) is 14.5 Å². The number of aromatic nitrogens is 1. The van der Waals surface area contributed by atoms with Crippen LogP contribution in [0.5, 0.6) is 0 Å². The van der Waals surface area contributed by atoms with E-state index in [0.29, 0.717) is 43.2 Å². The van der Waals surface area contributed by atoms with Crippen LogP contribution in [0.1, 0.15) is 0 Å². The first-order chi connectivity index (χ1) is 14.6. The summed E-state index contributed by atoms with van der Waals surface area (Å²) in [5.74, 6) is -0.225. The predicted molar refractivity (Wildman–Crippen MR) is 117 cm³/mol. The molecule has 2 heterocycles. The van der Waals surface area contributed by atoms with E-state index >= 15 is 0 Å². The molecule has 0 aliphatic carbocycles. The van der Waals surface area contributed by atoms with Gasteiger partial charge >= 0.3 is 11.8 Å². The van der Waals surface area contributed by atoms with Crippen LogP contribution in [-0.2, 0) is 9.59 Å². The highest BCUT2D eigenvalue weighted by Crippen LogP contribution is 2.27. The monoisotopic (exact) mass is 401 g/mol. The molecule has 2 N–H and O–H groups in total. The third kappa shape index (κ3) is 4.10. The number of rotatable bonds is 3. The van der Waals surface area contributed by atoms with Crippen LogP contribution >= 0.6 is 0 Å². The number of hydrogen-bond acceptors (Lipinski definition) is 5. The lowest BCUT2D eigenvalue weighted by molar-refractivity contribution is -0.144. The second-order valence-electron chi connectivity index (χ2n) is 7.03. The molecule has 1 fully saturated rings. The number of nitrogens with two attached hydrogens (primary N) is 1. The van der Waals surface area contributed by atoms with Crippen molar-refractivity contribution in [1.82, 2.24) is 9.88 Å². The van der Waals surface area contributed by atoms with E-state index in [2.05, 4.69) is 9.88 Å². The molecule has 30 heavy (non-hydrogen) atoms. The quantitative estimate of drug-likeness (QED) is 0.539. The zero-order valence-corrected chi connectivity index (χ0v) is 16.5. The number of benzene rings is 2. The number of pyridine rings is 1. The Balaban J connectivity index is 1.52. The predicted octanol–water partition coefficient (Wildman–Crippen LogP) is 2.68. The molecule has 0 unspecified atom stereocenters. The van der Waals surface area contributed by atoms with Gasteiger partial charge in [0.05, 0.1) is 0 Å². The van der Waals surface area contributed by atoms with Gasteiger partial charge in [0, 0.05) is 49.4 Å². The van der Waals surface area contributed by atoms with Gasteiger partial charge in [0.15, 0.2) is 0 Å². The summed E-state index contributed by atoms with van der Waals surface area (Å²) in [6.45, 7) is 2.18. The third-order valence-electron chi connectivity index (χ3n) is 5.09. The lowest BCUT2D eigenvalue weighted by Gasteiger charge is -2.36. The zero-order valence-electron chi connectivity index (χ0n) is 16.5.